The predicted octanol–water partition coefficient (Wildman–Crippen LogP) is 3.76. The molecule has 0 radical (unpaired) electrons. The molecule has 1 N–H and O–H groups in total. The van der Waals surface area contributed by atoms with Crippen molar-refractivity contribution in [3.63, 3.8) is 0 Å². The average Bonchev–Trinajstić information content (AvgIpc) is 2.57. The van der Waals surface area contributed by atoms with Crippen LogP contribution in [0.25, 0.3) is 0 Å². The first-order chi connectivity index (χ1) is 7.38. The smallest absolute Gasteiger partial charge is 0.0798 e. The maximum absolute atomic E-state index is 4.26. The molecular formula is C13H24N2S. The first-order valence-corrected chi connectivity index (χ1v) is 6.89. The zero-order valence-corrected chi connectivity index (χ0v) is 11.9. The Balaban J connectivity index is 2.25. The van der Waals surface area contributed by atoms with Crippen LogP contribution in [0, 0.1) is 12.3 Å². The summed E-state index contributed by atoms with van der Waals surface area (Å²) in [4.78, 5) is 5.62. The number of nitrogens with zero attached hydrogens (tertiary/aromatic N) is 1. The largest absolute Gasteiger partial charge is 0.309 e. The van der Waals surface area contributed by atoms with Crippen LogP contribution < -0.4 is 5.32 Å². The molecule has 2 nitrogen and oxygen atoms in total. The molecule has 0 aliphatic carbocycles. The Morgan fingerprint density at radius 2 is 2.12 bits per heavy atom. The fourth-order valence-corrected chi connectivity index (χ4v) is 2.24. The van der Waals surface area contributed by atoms with E-state index >= 15 is 0 Å². The van der Waals surface area contributed by atoms with Crippen molar-refractivity contribution in [3.8, 4) is 0 Å². The van der Waals surface area contributed by atoms with Gasteiger partial charge in [-0.25, -0.2) is 4.98 Å². The van der Waals surface area contributed by atoms with Gasteiger partial charge in [0.25, 0.3) is 0 Å². The van der Waals surface area contributed by atoms with Crippen LogP contribution in [0.1, 0.15) is 51.1 Å². The minimum absolute atomic E-state index is 0.441. The summed E-state index contributed by atoms with van der Waals surface area (Å²) in [5, 5.41) is 3.57. The van der Waals surface area contributed by atoms with Crippen LogP contribution in [-0.2, 0) is 6.54 Å². The summed E-state index contributed by atoms with van der Waals surface area (Å²) in [5.41, 5.74) is 3.53. The predicted molar refractivity (Wildman–Crippen MR) is 71.8 cm³/mol. The lowest BCUT2D eigenvalue weighted by Gasteiger charge is -2.21. The molecule has 1 unspecified atom stereocenters. The fraction of sp³-hybridized carbons (Fsp3) is 0.769. The van der Waals surface area contributed by atoms with Gasteiger partial charge in [0.15, 0.2) is 0 Å². The Morgan fingerprint density at radius 3 is 2.62 bits per heavy atom. The molecule has 0 spiro atoms. The zero-order valence-electron chi connectivity index (χ0n) is 11.1. The Kier molecular flexibility index (Phi) is 4.93. The second-order valence-electron chi connectivity index (χ2n) is 5.74. The summed E-state index contributed by atoms with van der Waals surface area (Å²) >= 11 is 1.74. The van der Waals surface area contributed by atoms with Crippen LogP contribution >= 0.6 is 11.3 Å². The summed E-state index contributed by atoms with van der Waals surface area (Å²) < 4.78 is 0. The number of hydrogen-bond donors (Lipinski definition) is 1. The van der Waals surface area contributed by atoms with E-state index < -0.39 is 0 Å². The lowest BCUT2D eigenvalue weighted by atomic mass is 9.89. The average molecular weight is 240 g/mol. The third-order valence-electron chi connectivity index (χ3n) is 2.78. The molecule has 0 saturated carbocycles. The van der Waals surface area contributed by atoms with Gasteiger partial charge in [-0.3, -0.25) is 0 Å². The van der Waals surface area contributed by atoms with Crippen LogP contribution in [0.5, 0.6) is 0 Å². The van der Waals surface area contributed by atoms with Gasteiger partial charge in [-0.2, -0.15) is 0 Å². The molecule has 92 valence electrons. The number of aromatic nitrogens is 1. The van der Waals surface area contributed by atoms with Gasteiger partial charge in [-0.15, -0.1) is 11.3 Å². The Bertz CT molecular complexity index is 312. The Hall–Kier alpha value is -0.410. The van der Waals surface area contributed by atoms with Crippen molar-refractivity contribution in [1.82, 2.24) is 10.3 Å². The molecule has 3 heteroatoms. The van der Waals surface area contributed by atoms with Crippen molar-refractivity contribution in [2.45, 2.75) is 60.0 Å². The summed E-state index contributed by atoms with van der Waals surface area (Å²) in [6.07, 6.45) is 2.50. The lowest BCUT2D eigenvalue weighted by Crippen LogP contribution is -2.26. The van der Waals surface area contributed by atoms with Crippen LogP contribution in [0.2, 0.25) is 0 Å². The topological polar surface area (TPSA) is 24.9 Å². The minimum Gasteiger partial charge on any atom is -0.309 e. The van der Waals surface area contributed by atoms with Crippen LogP contribution in [0.15, 0.2) is 5.51 Å². The molecule has 0 aliphatic rings. The van der Waals surface area contributed by atoms with E-state index in [1.54, 1.807) is 11.3 Å². The highest BCUT2D eigenvalue weighted by molar-refractivity contribution is 7.09. The van der Waals surface area contributed by atoms with Crippen molar-refractivity contribution >= 4 is 11.3 Å². The number of rotatable bonds is 5. The lowest BCUT2D eigenvalue weighted by molar-refractivity contribution is 0.336. The van der Waals surface area contributed by atoms with Crippen molar-refractivity contribution in [1.29, 1.82) is 0 Å². The van der Waals surface area contributed by atoms with Gasteiger partial charge in [0.2, 0.25) is 0 Å². The Labute approximate surface area is 103 Å². The second kappa shape index (κ2) is 5.78. The van der Waals surface area contributed by atoms with Gasteiger partial charge < -0.3 is 5.32 Å². The fourth-order valence-electron chi connectivity index (χ4n) is 1.51. The van der Waals surface area contributed by atoms with Gasteiger partial charge in [-0.1, -0.05) is 20.8 Å². The van der Waals surface area contributed by atoms with Crippen molar-refractivity contribution in [3.05, 3.63) is 16.1 Å². The zero-order chi connectivity index (χ0) is 12.2. The van der Waals surface area contributed by atoms with Crippen molar-refractivity contribution < 1.29 is 0 Å². The van der Waals surface area contributed by atoms with Crippen LogP contribution in [0.3, 0.4) is 0 Å². The molecule has 1 aromatic rings. The van der Waals surface area contributed by atoms with Gasteiger partial charge in [0.05, 0.1) is 11.2 Å². The highest BCUT2D eigenvalue weighted by atomic mass is 32.1. The standard InChI is InChI=1S/C13H24N2S/c1-10(6-7-13(3,4)5)14-8-12-11(2)15-9-16-12/h9-10,14H,6-8H2,1-5H3. The van der Waals surface area contributed by atoms with E-state index in [-0.39, 0.29) is 0 Å². The normalized spacial score (nSPS) is 14.1. The van der Waals surface area contributed by atoms with Gasteiger partial charge in [-0.05, 0) is 32.1 Å². The summed E-state index contributed by atoms with van der Waals surface area (Å²) in [6.45, 7) is 12.2. The first-order valence-electron chi connectivity index (χ1n) is 6.01. The van der Waals surface area contributed by atoms with Gasteiger partial charge >= 0.3 is 0 Å². The monoisotopic (exact) mass is 240 g/mol. The molecule has 1 aromatic heterocycles. The molecule has 0 amide bonds. The molecule has 1 rings (SSSR count). The van der Waals surface area contributed by atoms with E-state index in [0.29, 0.717) is 11.5 Å². The van der Waals surface area contributed by atoms with E-state index in [9.17, 15) is 0 Å². The molecule has 0 saturated heterocycles. The quantitative estimate of drug-likeness (QED) is 0.847. The maximum atomic E-state index is 4.26. The number of nitrogens with one attached hydrogen (secondary N) is 1. The minimum atomic E-state index is 0.441. The van der Waals surface area contributed by atoms with E-state index in [1.807, 2.05) is 5.51 Å². The molecule has 0 bridgehead atoms. The van der Waals surface area contributed by atoms with Crippen molar-refractivity contribution in [2.24, 2.45) is 5.41 Å². The third-order valence-corrected chi connectivity index (χ3v) is 3.72. The Morgan fingerprint density at radius 1 is 1.44 bits per heavy atom. The molecular weight excluding hydrogens is 216 g/mol. The van der Waals surface area contributed by atoms with Crippen molar-refractivity contribution in [2.75, 3.05) is 0 Å². The maximum Gasteiger partial charge on any atom is 0.0798 e. The summed E-state index contributed by atoms with van der Waals surface area (Å²) in [6, 6.07) is 0.584. The number of aryl methyl sites for hydroxylation is 1. The molecule has 0 aliphatic heterocycles. The second-order valence-corrected chi connectivity index (χ2v) is 6.68. The molecule has 1 heterocycles. The summed E-state index contributed by atoms with van der Waals surface area (Å²) in [7, 11) is 0. The van der Waals surface area contributed by atoms with E-state index in [4.69, 9.17) is 0 Å². The molecule has 16 heavy (non-hydrogen) atoms. The van der Waals surface area contributed by atoms with E-state index in [2.05, 4.69) is 44.9 Å². The number of thiazole rings is 1. The van der Waals surface area contributed by atoms with Crippen LogP contribution in [-0.4, -0.2) is 11.0 Å². The van der Waals surface area contributed by atoms with Gasteiger partial charge in [0.1, 0.15) is 0 Å². The van der Waals surface area contributed by atoms with E-state index in [1.165, 1.54) is 23.4 Å². The molecule has 0 fully saturated rings. The molecule has 1 atom stereocenters. The van der Waals surface area contributed by atoms with Gasteiger partial charge in [0, 0.05) is 17.5 Å². The molecule has 0 aromatic carbocycles. The third kappa shape index (κ3) is 5.08. The summed E-state index contributed by atoms with van der Waals surface area (Å²) in [5.74, 6) is 0. The number of hydrogen-bond acceptors (Lipinski definition) is 3. The first kappa shape index (κ1) is 13.7. The highest BCUT2D eigenvalue weighted by Crippen LogP contribution is 2.21. The van der Waals surface area contributed by atoms with E-state index in [0.717, 1.165) is 6.54 Å². The van der Waals surface area contributed by atoms with Crippen LogP contribution in [0.4, 0.5) is 0 Å². The highest BCUT2D eigenvalue weighted by Gasteiger charge is 2.12. The SMILES string of the molecule is Cc1ncsc1CNC(C)CCC(C)(C)C.